The number of rotatable bonds is 4. The number of hydrogen-bond donors (Lipinski definition) is 0. The molecule has 1 aromatic heterocycles. The van der Waals surface area contributed by atoms with Crippen LogP contribution < -0.4 is 4.90 Å². The molecule has 2 aromatic carbocycles. The minimum atomic E-state index is -0.270. The van der Waals surface area contributed by atoms with E-state index in [1.54, 1.807) is 0 Å². The largest absolute Gasteiger partial charge is 0.360 e. The van der Waals surface area contributed by atoms with Gasteiger partial charge in [0.25, 0.3) is 0 Å². The van der Waals surface area contributed by atoms with Crippen molar-refractivity contribution in [1.29, 1.82) is 0 Å². The molecule has 1 aliphatic rings. The minimum Gasteiger partial charge on any atom is -0.360 e. The summed E-state index contributed by atoms with van der Waals surface area (Å²) < 4.78 is 5.17. The van der Waals surface area contributed by atoms with Crippen LogP contribution in [0.25, 0.3) is 0 Å². The third-order valence-electron chi connectivity index (χ3n) is 5.04. The van der Waals surface area contributed by atoms with Gasteiger partial charge in [0.1, 0.15) is 5.76 Å². The van der Waals surface area contributed by atoms with Gasteiger partial charge in [-0.05, 0) is 18.1 Å². The lowest BCUT2D eigenvalue weighted by Gasteiger charge is -2.36. The van der Waals surface area contributed by atoms with Gasteiger partial charge < -0.3 is 14.3 Å². The highest BCUT2D eigenvalue weighted by molar-refractivity contribution is 5.87. The van der Waals surface area contributed by atoms with Crippen LogP contribution in [0.4, 0.5) is 5.82 Å². The Hall–Kier alpha value is -3.08. The number of hydrogen-bond acceptors (Lipinski definition) is 4. The van der Waals surface area contributed by atoms with E-state index in [0.717, 1.165) is 35.8 Å². The molecule has 0 saturated carbocycles. The van der Waals surface area contributed by atoms with Crippen LogP contribution in [0, 0.1) is 6.92 Å². The molecule has 1 fully saturated rings. The number of benzene rings is 2. The summed E-state index contributed by atoms with van der Waals surface area (Å²) in [5, 5.41) is 4.09. The first-order chi connectivity index (χ1) is 13.2. The number of amides is 1. The Labute approximate surface area is 159 Å². The van der Waals surface area contributed by atoms with Crippen LogP contribution in [0.15, 0.2) is 71.3 Å². The Morgan fingerprint density at radius 1 is 0.926 bits per heavy atom. The van der Waals surface area contributed by atoms with E-state index in [2.05, 4.69) is 10.1 Å². The highest BCUT2D eigenvalue weighted by Crippen LogP contribution is 2.27. The van der Waals surface area contributed by atoms with Gasteiger partial charge >= 0.3 is 0 Å². The lowest BCUT2D eigenvalue weighted by Crippen LogP contribution is -2.50. The summed E-state index contributed by atoms with van der Waals surface area (Å²) in [6.45, 7) is 4.77. The summed E-state index contributed by atoms with van der Waals surface area (Å²) >= 11 is 0. The molecule has 27 heavy (non-hydrogen) atoms. The van der Waals surface area contributed by atoms with Crippen molar-refractivity contribution < 1.29 is 9.32 Å². The fourth-order valence-electron chi connectivity index (χ4n) is 3.61. The van der Waals surface area contributed by atoms with E-state index in [0.29, 0.717) is 13.1 Å². The van der Waals surface area contributed by atoms with Gasteiger partial charge in [0.2, 0.25) is 5.91 Å². The zero-order valence-electron chi connectivity index (χ0n) is 15.4. The predicted molar refractivity (Wildman–Crippen MR) is 105 cm³/mol. The van der Waals surface area contributed by atoms with Gasteiger partial charge in [0, 0.05) is 32.2 Å². The van der Waals surface area contributed by atoms with E-state index in [1.807, 2.05) is 78.6 Å². The first kappa shape index (κ1) is 17.3. The summed E-state index contributed by atoms with van der Waals surface area (Å²) in [6, 6.07) is 22.0. The topological polar surface area (TPSA) is 49.6 Å². The molecule has 3 aromatic rings. The number of carbonyl (C=O) groups excluding carboxylic acids is 1. The Morgan fingerprint density at radius 3 is 1.96 bits per heavy atom. The van der Waals surface area contributed by atoms with E-state index in [1.165, 1.54) is 0 Å². The monoisotopic (exact) mass is 361 g/mol. The van der Waals surface area contributed by atoms with Gasteiger partial charge in [0.05, 0.1) is 5.92 Å². The van der Waals surface area contributed by atoms with E-state index in [4.69, 9.17) is 4.52 Å². The third-order valence-corrected chi connectivity index (χ3v) is 5.04. The summed E-state index contributed by atoms with van der Waals surface area (Å²) in [5.74, 6) is 1.54. The van der Waals surface area contributed by atoms with Gasteiger partial charge in [-0.25, -0.2) is 0 Å². The number of piperazine rings is 1. The fourth-order valence-corrected chi connectivity index (χ4v) is 3.61. The molecule has 0 unspecified atom stereocenters. The van der Waals surface area contributed by atoms with Crippen molar-refractivity contribution in [2.45, 2.75) is 12.8 Å². The smallest absolute Gasteiger partial charge is 0.234 e. The first-order valence-corrected chi connectivity index (χ1v) is 9.29. The number of aromatic nitrogens is 1. The number of carbonyl (C=O) groups is 1. The zero-order chi connectivity index (χ0) is 18.6. The SMILES string of the molecule is Cc1cc(N2CCN(C(=O)C(c3ccccc3)c3ccccc3)CC2)no1. The lowest BCUT2D eigenvalue weighted by atomic mass is 9.90. The van der Waals surface area contributed by atoms with Gasteiger partial charge in [-0.1, -0.05) is 65.8 Å². The molecule has 0 bridgehead atoms. The van der Waals surface area contributed by atoms with Crippen molar-refractivity contribution in [2.24, 2.45) is 0 Å². The molecule has 4 rings (SSSR count). The van der Waals surface area contributed by atoms with Gasteiger partial charge in [-0.2, -0.15) is 0 Å². The molecule has 2 heterocycles. The molecular weight excluding hydrogens is 338 g/mol. The molecule has 1 aliphatic heterocycles. The van der Waals surface area contributed by atoms with Crippen LogP contribution in [0.3, 0.4) is 0 Å². The molecular formula is C22H23N3O2. The maximum Gasteiger partial charge on any atom is 0.234 e. The van der Waals surface area contributed by atoms with Crippen LogP contribution in [0.2, 0.25) is 0 Å². The summed E-state index contributed by atoms with van der Waals surface area (Å²) in [7, 11) is 0. The van der Waals surface area contributed by atoms with Crippen LogP contribution in [0.5, 0.6) is 0 Å². The number of nitrogens with zero attached hydrogens (tertiary/aromatic N) is 3. The van der Waals surface area contributed by atoms with Crippen molar-refractivity contribution in [2.75, 3.05) is 31.1 Å². The lowest BCUT2D eigenvalue weighted by molar-refractivity contribution is -0.132. The Kier molecular flexibility index (Phi) is 4.92. The Bertz CT molecular complexity index is 845. The average Bonchev–Trinajstić information content (AvgIpc) is 3.16. The highest BCUT2D eigenvalue weighted by atomic mass is 16.5. The zero-order valence-corrected chi connectivity index (χ0v) is 15.4. The van der Waals surface area contributed by atoms with Crippen molar-refractivity contribution in [3.63, 3.8) is 0 Å². The molecule has 0 N–H and O–H groups in total. The second-order valence-electron chi connectivity index (χ2n) is 6.86. The molecule has 1 saturated heterocycles. The molecule has 5 heteroatoms. The normalized spacial score (nSPS) is 14.6. The van der Waals surface area contributed by atoms with E-state index in [9.17, 15) is 4.79 Å². The molecule has 0 atom stereocenters. The van der Waals surface area contributed by atoms with Crippen molar-refractivity contribution in [3.05, 3.63) is 83.6 Å². The second-order valence-corrected chi connectivity index (χ2v) is 6.86. The summed E-state index contributed by atoms with van der Waals surface area (Å²) in [6.07, 6.45) is 0. The molecule has 0 aliphatic carbocycles. The van der Waals surface area contributed by atoms with Crippen molar-refractivity contribution in [1.82, 2.24) is 10.1 Å². The van der Waals surface area contributed by atoms with Crippen molar-refractivity contribution >= 4 is 11.7 Å². The predicted octanol–water partition coefficient (Wildman–Crippen LogP) is 3.46. The summed E-state index contributed by atoms with van der Waals surface area (Å²) in [4.78, 5) is 17.6. The molecule has 5 nitrogen and oxygen atoms in total. The number of anilines is 1. The van der Waals surface area contributed by atoms with Gasteiger partial charge in [-0.15, -0.1) is 0 Å². The Morgan fingerprint density at radius 2 is 1.48 bits per heavy atom. The van der Waals surface area contributed by atoms with Crippen LogP contribution in [0.1, 0.15) is 22.8 Å². The molecule has 0 spiro atoms. The minimum absolute atomic E-state index is 0.156. The number of aryl methyl sites for hydroxylation is 1. The molecule has 138 valence electrons. The maximum absolute atomic E-state index is 13.4. The fraction of sp³-hybridized carbons (Fsp3) is 0.273. The molecule has 1 amide bonds. The standard InChI is InChI=1S/C22H23N3O2/c1-17-16-20(23-27-17)24-12-14-25(15-13-24)22(26)21(18-8-4-2-5-9-18)19-10-6-3-7-11-19/h2-11,16,21H,12-15H2,1H3. The second kappa shape index (κ2) is 7.66. The molecule has 0 radical (unpaired) electrons. The quantitative estimate of drug-likeness (QED) is 0.714. The first-order valence-electron chi connectivity index (χ1n) is 9.29. The van der Waals surface area contributed by atoms with Gasteiger partial charge in [-0.3, -0.25) is 4.79 Å². The highest BCUT2D eigenvalue weighted by Gasteiger charge is 2.30. The maximum atomic E-state index is 13.4. The van der Waals surface area contributed by atoms with Crippen LogP contribution >= 0.6 is 0 Å². The van der Waals surface area contributed by atoms with E-state index >= 15 is 0 Å². The summed E-state index contributed by atoms with van der Waals surface area (Å²) in [5.41, 5.74) is 2.06. The van der Waals surface area contributed by atoms with Crippen LogP contribution in [-0.2, 0) is 4.79 Å². The van der Waals surface area contributed by atoms with Gasteiger partial charge in [0.15, 0.2) is 5.82 Å². The Balaban J connectivity index is 1.53. The average molecular weight is 361 g/mol. The van der Waals surface area contributed by atoms with Crippen molar-refractivity contribution in [3.8, 4) is 0 Å². The third kappa shape index (κ3) is 3.72. The van der Waals surface area contributed by atoms with Crippen LogP contribution in [-0.4, -0.2) is 42.1 Å². The van der Waals surface area contributed by atoms with E-state index in [-0.39, 0.29) is 11.8 Å². The van der Waals surface area contributed by atoms with E-state index < -0.39 is 0 Å².